The lowest BCUT2D eigenvalue weighted by atomic mass is 9.42. The van der Waals surface area contributed by atoms with Gasteiger partial charge >= 0.3 is 11.9 Å². The Kier molecular flexibility index (Phi) is 6.97. The van der Waals surface area contributed by atoms with Crippen molar-refractivity contribution in [2.24, 2.45) is 34.5 Å². The number of fused-ring (bicyclic) bond motifs is 3. The van der Waals surface area contributed by atoms with Crippen molar-refractivity contribution in [2.45, 2.75) is 65.4 Å². The SMILES string of the molecule is CNCCOC(=O)C=C1CC[C@H]2[C@@H]([C@@H](O)C[C@@H]3[C@@]2(C)CCC[C@]3(C)C(=O)OC)[C@H]1C. The van der Waals surface area contributed by atoms with Crippen LogP contribution in [-0.2, 0) is 19.1 Å². The van der Waals surface area contributed by atoms with Crippen LogP contribution in [0.4, 0.5) is 0 Å². The molecule has 0 aromatic rings. The van der Waals surface area contributed by atoms with Crippen molar-refractivity contribution in [3.8, 4) is 0 Å². The standard InChI is InChI=1S/C24H39NO5/c1-15-16(13-20(27)30-12-11-25-4)7-8-17-21(15)18(26)14-19-23(17,2)9-6-10-24(19,3)22(28)29-5/h13,15,17-19,21,25-26H,6-12,14H2,1-5H3/t15-,17-,18-,19+,21-,23-,24-/m0/s1. The molecular formula is C24H39NO5. The molecule has 3 saturated carbocycles. The molecule has 7 atom stereocenters. The summed E-state index contributed by atoms with van der Waals surface area (Å²) >= 11 is 0. The second kappa shape index (κ2) is 8.99. The van der Waals surface area contributed by atoms with Gasteiger partial charge in [0.25, 0.3) is 0 Å². The lowest BCUT2D eigenvalue weighted by molar-refractivity contribution is -0.189. The molecule has 0 saturated heterocycles. The second-order valence-electron chi connectivity index (χ2n) is 10.1. The van der Waals surface area contributed by atoms with E-state index in [0.29, 0.717) is 25.5 Å². The van der Waals surface area contributed by atoms with Crippen LogP contribution in [0.25, 0.3) is 0 Å². The van der Waals surface area contributed by atoms with Gasteiger partial charge in [-0.05, 0) is 75.2 Å². The van der Waals surface area contributed by atoms with E-state index in [1.807, 2.05) is 14.0 Å². The van der Waals surface area contributed by atoms with E-state index in [1.54, 1.807) is 6.08 Å². The molecule has 6 heteroatoms. The van der Waals surface area contributed by atoms with E-state index in [4.69, 9.17) is 9.47 Å². The Hall–Kier alpha value is -1.40. The van der Waals surface area contributed by atoms with Crippen LogP contribution in [0.15, 0.2) is 11.6 Å². The molecular weight excluding hydrogens is 382 g/mol. The molecule has 6 nitrogen and oxygen atoms in total. The van der Waals surface area contributed by atoms with Gasteiger partial charge in [-0.15, -0.1) is 0 Å². The van der Waals surface area contributed by atoms with Crippen LogP contribution in [0.1, 0.15) is 59.3 Å². The molecule has 0 amide bonds. The maximum Gasteiger partial charge on any atom is 0.330 e. The molecule has 0 aliphatic heterocycles. The van der Waals surface area contributed by atoms with Crippen molar-refractivity contribution in [1.82, 2.24) is 5.32 Å². The molecule has 3 aliphatic rings. The first kappa shape index (κ1) is 23.3. The van der Waals surface area contributed by atoms with E-state index in [0.717, 1.165) is 37.7 Å². The van der Waals surface area contributed by atoms with E-state index in [1.165, 1.54) is 7.11 Å². The van der Waals surface area contributed by atoms with Gasteiger partial charge in [0, 0.05) is 12.6 Å². The Morgan fingerprint density at radius 1 is 1.30 bits per heavy atom. The van der Waals surface area contributed by atoms with Crippen molar-refractivity contribution in [2.75, 3.05) is 27.3 Å². The highest BCUT2D eigenvalue weighted by Gasteiger charge is 2.62. The van der Waals surface area contributed by atoms with Crippen molar-refractivity contribution in [3.63, 3.8) is 0 Å². The first-order chi connectivity index (χ1) is 14.2. The minimum Gasteiger partial charge on any atom is -0.469 e. The molecule has 3 aliphatic carbocycles. The highest BCUT2D eigenvalue weighted by atomic mass is 16.5. The van der Waals surface area contributed by atoms with Crippen LogP contribution in [0.5, 0.6) is 0 Å². The van der Waals surface area contributed by atoms with E-state index in [-0.39, 0.29) is 35.1 Å². The monoisotopic (exact) mass is 421 g/mol. The Balaban J connectivity index is 1.83. The Morgan fingerprint density at radius 2 is 2.03 bits per heavy atom. The number of rotatable bonds is 5. The normalized spacial score (nSPS) is 42.2. The molecule has 3 rings (SSSR count). The van der Waals surface area contributed by atoms with Gasteiger partial charge < -0.3 is 19.9 Å². The summed E-state index contributed by atoms with van der Waals surface area (Å²) in [6, 6.07) is 0. The molecule has 0 aromatic heterocycles. The van der Waals surface area contributed by atoms with E-state index in [9.17, 15) is 14.7 Å². The van der Waals surface area contributed by atoms with Crippen LogP contribution >= 0.6 is 0 Å². The molecule has 0 bridgehead atoms. The number of aliphatic hydroxyl groups is 1. The number of methoxy groups -OCH3 is 1. The lowest BCUT2D eigenvalue weighted by Crippen LogP contribution is -2.60. The zero-order valence-corrected chi connectivity index (χ0v) is 19.2. The first-order valence-electron chi connectivity index (χ1n) is 11.5. The van der Waals surface area contributed by atoms with E-state index in [2.05, 4.69) is 19.2 Å². The number of allylic oxidation sites excluding steroid dienone is 1. The number of esters is 2. The molecule has 0 heterocycles. The summed E-state index contributed by atoms with van der Waals surface area (Å²) in [7, 11) is 3.29. The van der Waals surface area contributed by atoms with Crippen LogP contribution in [-0.4, -0.2) is 50.5 Å². The largest absolute Gasteiger partial charge is 0.469 e. The molecule has 0 radical (unpaired) electrons. The summed E-state index contributed by atoms with van der Waals surface area (Å²) < 4.78 is 10.5. The quantitative estimate of drug-likeness (QED) is 0.403. The number of hydrogen-bond donors (Lipinski definition) is 2. The van der Waals surface area contributed by atoms with Gasteiger partial charge in [0.05, 0.1) is 18.6 Å². The van der Waals surface area contributed by atoms with E-state index < -0.39 is 11.5 Å². The third kappa shape index (κ3) is 3.93. The van der Waals surface area contributed by atoms with Crippen LogP contribution in [0.3, 0.4) is 0 Å². The number of aliphatic hydroxyl groups excluding tert-OH is 1. The molecule has 170 valence electrons. The Morgan fingerprint density at radius 3 is 2.70 bits per heavy atom. The summed E-state index contributed by atoms with van der Waals surface area (Å²) in [4.78, 5) is 24.9. The summed E-state index contributed by atoms with van der Waals surface area (Å²) in [5, 5.41) is 14.2. The van der Waals surface area contributed by atoms with Gasteiger partial charge in [-0.1, -0.05) is 25.8 Å². The van der Waals surface area contributed by atoms with Gasteiger partial charge in [-0.2, -0.15) is 0 Å². The number of carbonyl (C=O) groups is 2. The third-order valence-corrected chi connectivity index (χ3v) is 8.67. The number of ether oxygens (including phenoxy) is 2. The number of hydrogen-bond acceptors (Lipinski definition) is 6. The molecule has 0 spiro atoms. The maximum atomic E-state index is 12.7. The summed E-state index contributed by atoms with van der Waals surface area (Å²) in [5.41, 5.74) is 0.542. The first-order valence-corrected chi connectivity index (χ1v) is 11.5. The van der Waals surface area contributed by atoms with Crippen molar-refractivity contribution >= 4 is 11.9 Å². The van der Waals surface area contributed by atoms with Crippen LogP contribution < -0.4 is 5.32 Å². The zero-order valence-electron chi connectivity index (χ0n) is 19.2. The fourth-order valence-corrected chi connectivity index (χ4v) is 7.12. The third-order valence-electron chi connectivity index (χ3n) is 8.67. The zero-order chi connectivity index (χ0) is 22.1. The molecule has 3 fully saturated rings. The Labute approximate surface area is 180 Å². The lowest BCUT2D eigenvalue weighted by Gasteiger charge is -2.62. The van der Waals surface area contributed by atoms with Gasteiger partial charge in [-0.25, -0.2) is 4.79 Å². The predicted octanol–water partition coefficient (Wildman–Crippen LogP) is 3.09. The molecule has 0 unspecified atom stereocenters. The number of likely N-dealkylation sites (N-methyl/N-ethyl adjacent to an activating group) is 1. The highest BCUT2D eigenvalue weighted by molar-refractivity contribution is 5.83. The van der Waals surface area contributed by atoms with Crippen molar-refractivity contribution in [3.05, 3.63) is 11.6 Å². The highest BCUT2D eigenvalue weighted by Crippen LogP contribution is 2.65. The molecule has 30 heavy (non-hydrogen) atoms. The molecule has 0 aromatic carbocycles. The fourth-order valence-electron chi connectivity index (χ4n) is 7.12. The fraction of sp³-hybridized carbons (Fsp3) is 0.833. The molecule has 2 N–H and O–H groups in total. The van der Waals surface area contributed by atoms with Gasteiger partial charge in [-0.3, -0.25) is 4.79 Å². The van der Waals surface area contributed by atoms with Gasteiger partial charge in [0.15, 0.2) is 0 Å². The second-order valence-corrected chi connectivity index (χ2v) is 10.1. The van der Waals surface area contributed by atoms with Gasteiger partial charge in [0.2, 0.25) is 0 Å². The average Bonchev–Trinajstić information content (AvgIpc) is 2.71. The number of carbonyl (C=O) groups excluding carboxylic acids is 2. The van der Waals surface area contributed by atoms with Crippen LogP contribution in [0.2, 0.25) is 0 Å². The number of nitrogens with one attached hydrogen (secondary N) is 1. The Bertz CT molecular complexity index is 691. The van der Waals surface area contributed by atoms with Gasteiger partial charge in [0.1, 0.15) is 6.61 Å². The topological polar surface area (TPSA) is 84.9 Å². The average molecular weight is 422 g/mol. The van der Waals surface area contributed by atoms with E-state index >= 15 is 0 Å². The minimum atomic E-state index is -0.538. The smallest absolute Gasteiger partial charge is 0.330 e. The summed E-state index contributed by atoms with van der Waals surface area (Å²) in [5.74, 6) is 0.249. The van der Waals surface area contributed by atoms with Crippen molar-refractivity contribution < 1.29 is 24.2 Å². The van der Waals surface area contributed by atoms with Crippen molar-refractivity contribution in [1.29, 1.82) is 0 Å². The summed E-state index contributed by atoms with van der Waals surface area (Å²) in [6.07, 6.45) is 6.48. The predicted molar refractivity (Wildman–Crippen MR) is 115 cm³/mol. The van der Waals surface area contributed by atoms with Crippen LogP contribution in [0, 0.1) is 34.5 Å². The maximum absolute atomic E-state index is 12.7. The minimum absolute atomic E-state index is 0.00180. The summed E-state index contributed by atoms with van der Waals surface area (Å²) in [6.45, 7) is 7.49.